The van der Waals surface area contributed by atoms with Gasteiger partial charge in [-0.1, -0.05) is 13.0 Å². The van der Waals surface area contributed by atoms with Gasteiger partial charge in [-0.05, 0) is 75.4 Å². The van der Waals surface area contributed by atoms with Crippen LogP contribution in [0.1, 0.15) is 68.4 Å². The molecule has 30 heavy (non-hydrogen) atoms. The van der Waals surface area contributed by atoms with Crippen molar-refractivity contribution in [1.82, 2.24) is 5.43 Å². The van der Waals surface area contributed by atoms with E-state index in [1.54, 1.807) is 6.21 Å². The van der Waals surface area contributed by atoms with E-state index in [4.69, 9.17) is 0 Å². The Kier molecular flexibility index (Phi) is 5.92. The molecule has 0 fully saturated rings. The van der Waals surface area contributed by atoms with Gasteiger partial charge < -0.3 is 4.90 Å². The molecule has 1 aliphatic rings. The number of anilines is 1. The molecule has 1 N–H and O–H groups in total. The molecule has 1 aliphatic heterocycles. The third-order valence-electron chi connectivity index (χ3n) is 5.54. The molecule has 0 aromatic heterocycles. The first-order chi connectivity index (χ1) is 14.1. The first kappa shape index (κ1) is 21.5. The molecule has 0 bridgehead atoms. The molecule has 7 nitrogen and oxygen atoms in total. The van der Waals surface area contributed by atoms with Crippen molar-refractivity contribution >= 4 is 23.5 Å². The van der Waals surface area contributed by atoms with Crippen LogP contribution >= 0.6 is 0 Å². The highest BCUT2D eigenvalue weighted by molar-refractivity contribution is 5.95. The fourth-order valence-corrected chi connectivity index (χ4v) is 4.49. The summed E-state index contributed by atoms with van der Waals surface area (Å²) in [7, 11) is 0. The van der Waals surface area contributed by atoms with Gasteiger partial charge in [-0.25, -0.2) is 5.43 Å². The van der Waals surface area contributed by atoms with Crippen LogP contribution in [0.15, 0.2) is 47.6 Å². The highest BCUT2D eigenvalue weighted by atomic mass is 16.6. The number of hydrogen-bond donors (Lipinski definition) is 1. The Bertz CT molecular complexity index is 980. The maximum absolute atomic E-state index is 12.2. The van der Waals surface area contributed by atoms with Gasteiger partial charge in [0.05, 0.1) is 11.1 Å². The Morgan fingerprint density at radius 2 is 1.93 bits per heavy atom. The number of nitrogens with zero attached hydrogens (tertiary/aromatic N) is 3. The molecule has 2 aromatic carbocycles. The molecular weight excluding hydrogens is 380 g/mol. The van der Waals surface area contributed by atoms with E-state index in [1.165, 1.54) is 35.5 Å². The molecule has 1 heterocycles. The van der Waals surface area contributed by atoms with Crippen LogP contribution < -0.4 is 10.3 Å². The number of nitro groups is 1. The predicted molar refractivity (Wildman–Crippen MR) is 119 cm³/mol. The largest absolute Gasteiger partial charge is 0.364 e. The number of hydrazone groups is 1. The zero-order valence-electron chi connectivity index (χ0n) is 18.0. The smallest absolute Gasteiger partial charge is 0.271 e. The average molecular weight is 409 g/mol. The molecule has 0 unspecified atom stereocenters. The minimum absolute atomic E-state index is 0.0585. The van der Waals surface area contributed by atoms with Crippen LogP contribution in [0.4, 0.5) is 11.4 Å². The van der Waals surface area contributed by atoms with Crippen molar-refractivity contribution in [2.24, 2.45) is 5.10 Å². The van der Waals surface area contributed by atoms with E-state index >= 15 is 0 Å². The van der Waals surface area contributed by atoms with Crippen molar-refractivity contribution in [2.45, 2.75) is 58.5 Å². The molecule has 1 atom stereocenters. The molecule has 0 saturated heterocycles. The fraction of sp³-hybridized carbons (Fsp3) is 0.391. The lowest BCUT2D eigenvalue weighted by atomic mass is 9.79. The molecule has 158 valence electrons. The van der Waals surface area contributed by atoms with E-state index in [-0.39, 0.29) is 11.2 Å². The van der Waals surface area contributed by atoms with E-state index in [0.29, 0.717) is 17.5 Å². The molecule has 2 aromatic rings. The normalized spacial score (nSPS) is 17.8. The highest BCUT2D eigenvalue weighted by Crippen LogP contribution is 2.44. The predicted octanol–water partition coefficient (Wildman–Crippen LogP) is 4.86. The van der Waals surface area contributed by atoms with Gasteiger partial charge in [0.25, 0.3) is 11.6 Å². The first-order valence-corrected chi connectivity index (χ1v) is 10.1. The quantitative estimate of drug-likeness (QED) is 0.435. The van der Waals surface area contributed by atoms with Gasteiger partial charge in [0, 0.05) is 35.0 Å². The molecule has 3 rings (SSSR count). The third-order valence-corrected chi connectivity index (χ3v) is 5.54. The Morgan fingerprint density at radius 1 is 1.27 bits per heavy atom. The summed E-state index contributed by atoms with van der Waals surface area (Å²) >= 11 is 0. The van der Waals surface area contributed by atoms with Gasteiger partial charge in [-0.2, -0.15) is 5.10 Å². The minimum atomic E-state index is -0.502. The van der Waals surface area contributed by atoms with E-state index in [2.05, 4.69) is 62.2 Å². The zero-order chi connectivity index (χ0) is 22.1. The lowest BCUT2D eigenvalue weighted by Crippen LogP contribution is -2.51. The first-order valence-electron chi connectivity index (χ1n) is 10.1. The van der Waals surface area contributed by atoms with Crippen LogP contribution in [0.5, 0.6) is 0 Å². The Balaban J connectivity index is 1.75. The van der Waals surface area contributed by atoms with Crippen LogP contribution in [0.3, 0.4) is 0 Å². The van der Waals surface area contributed by atoms with Gasteiger partial charge in [0.2, 0.25) is 0 Å². The number of nitrogens with one attached hydrogen (secondary N) is 1. The summed E-state index contributed by atoms with van der Waals surface area (Å²) in [5.74, 6) is 0.00765. The summed E-state index contributed by atoms with van der Waals surface area (Å²) in [6.07, 6.45) is 2.69. The molecule has 0 spiro atoms. The number of hydrogen-bond acceptors (Lipinski definition) is 5. The van der Waals surface area contributed by atoms with Crippen LogP contribution in [0.25, 0.3) is 0 Å². The third kappa shape index (κ3) is 4.35. The second-order valence-corrected chi connectivity index (χ2v) is 8.70. The summed E-state index contributed by atoms with van der Waals surface area (Å²) in [5, 5.41) is 14.8. The number of carbonyl (C=O) groups is 1. The van der Waals surface area contributed by atoms with E-state index < -0.39 is 10.8 Å². The summed E-state index contributed by atoms with van der Waals surface area (Å²) in [4.78, 5) is 24.9. The maximum Gasteiger partial charge on any atom is 0.271 e. The monoisotopic (exact) mass is 408 g/mol. The lowest BCUT2D eigenvalue weighted by Gasteiger charge is -2.50. The van der Waals surface area contributed by atoms with Crippen molar-refractivity contribution in [1.29, 1.82) is 0 Å². The molecule has 0 radical (unpaired) electrons. The summed E-state index contributed by atoms with van der Waals surface area (Å²) < 4.78 is 0. The standard InChI is InChI=1S/C23H28N4O3/c1-15(2)26-21-11-6-17(12-20(21)16(3)13-23(26,4)5)14-24-25-22(28)18-7-9-19(10-8-18)27(29)30/h6-12,14-16H,13H2,1-5H3,(H,25,28)/b24-14-/t16-/m1/s1. The van der Waals surface area contributed by atoms with Crippen LogP contribution in [0, 0.1) is 10.1 Å². The number of carbonyl (C=O) groups excluding carboxylic acids is 1. The van der Waals surface area contributed by atoms with Crippen molar-refractivity contribution in [3.05, 3.63) is 69.3 Å². The number of fused-ring (bicyclic) bond motifs is 1. The maximum atomic E-state index is 12.2. The summed E-state index contributed by atoms with van der Waals surface area (Å²) in [5.41, 5.74) is 6.27. The van der Waals surface area contributed by atoms with Gasteiger partial charge in [-0.3, -0.25) is 14.9 Å². The van der Waals surface area contributed by atoms with Gasteiger partial charge >= 0.3 is 0 Å². The second kappa shape index (κ2) is 8.26. The van der Waals surface area contributed by atoms with E-state index in [0.717, 1.165) is 12.0 Å². The van der Waals surface area contributed by atoms with Crippen molar-refractivity contribution in [3.63, 3.8) is 0 Å². The second-order valence-electron chi connectivity index (χ2n) is 8.70. The Hall–Kier alpha value is -3.22. The average Bonchev–Trinajstić information content (AvgIpc) is 2.67. The number of nitro benzene ring substituents is 1. The molecular formula is C23H28N4O3. The molecule has 0 aliphatic carbocycles. The van der Waals surface area contributed by atoms with Gasteiger partial charge in [0.1, 0.15) is 0 Å². The summed E-state index contributed by atoms with van der Waals surface area (Å²) in [6, 6.07) is 12.1. The van der Waals surface area contributed by atoms with Gasteiger partial charge in [-0.15, -0.1) is 0 Å². The van der Waals surface area contributed by atoms with Crippen molar-refractivity contribution in [3.8, 4) is 0 Å². The molecule has 0 saturated carbocycles. The topological polar surface area (TPSA) is 87.8 Å². The number of rotatable bonds is 5. The highest BCUT2D eigenvalue weighted by Gasteiger charge is 2.37. The Morgan fingerprint density at radius 3 is 2.53 bits per heavy atom. The lowest BCUT2D eigenvalue weighted by molar-refractivity contribution is -0.384. The zero-order valence-corrected chi connectivity index (χ0v) is 18.0. The van der Waals surface area contributed by atoms with Crippen molar-refractivity contribution in [2.75, 3.05) is 4.90 Å². The molecule has 7 heteroatoms. The number of amides is 1. The van der Waals surface area contributed by atoms with Gasteiger partial charge in [0.15, 0.2) is 0 Å². The number of non-ortho nitro benzene ring substituents is 1. The van der Waals surface area contributed by atoms with Crippen LogP contribution in [-0.4, -0.2) is 28.6 Å². The Labute approximate surface area is 176 Å². The van der Waals surface area contributed by atoms with Crippen molar-refractivity contribution < 1.29 is 9.72 Å². The van der Waals surface area contributed by atoms with Crippen LogP contribution in [-0.2, 0) is 0 Å². The fourth-order valence-electron chi connectivity index (χ4n) is 4.49. The van der Waals surface area contributed by atoms with E-state index in [1.807, 2.05) is 6.07 Å². The van der Waals surface area contributed by atoms with Crippen LogP contribution in [0.2, 0.25) is 0 Å². The number of benzene rings is 2. The molecule has 1 amide bonds. The summed E-state index contributed by atoms with van der Waals surface area (Å²) in [6.45, 7) is 11.2. The van der Waals surface area contributed by atoms with E-state index in [9.17, 15) is 14.9 Å². The SMILES string of the molecule is CC(C)N1c2ccc(/C=N\NC(=O)c3ccc([N+](=O)[O-])cc3)cc2[C@H](C)CC1(C)C. The minimum Gasteiger partial charge on any atom is -0.364 e.